The lowest BCUT2D eigenvalue weighted by molar-refractivity contribution is -0.0507. The highest BCUT2D eigenvalue weighted by molar-refractivity contribution is 6.42. The summed E-state index contributed by atoms with van der Waals surface area (Å²) in [4.78, 5) is 4.12. The number of aromatic nitrogens is 2. The molecular formula is C12H11Cl3N2O4. The molecule has 0 radical (unpaired) electrons. The topological polar surface area (TPSA) is 87.7 Å². The van der Waals surface area contributed by atoms with Gasteiger partial charge in [0.25, 0.3) is 0 Å². The first kappa shape index (κ1) is 15.3. The number of nitrogens with zero attached hydrogens (tertiary/aromatic N) is 2. The summed E-state index contributed by atoms with van der Waals surface area (Å²) < 4.78 is 6.86. The fraction of sp³-hybridized carbons (Fsp3) is 0.417. The van der Waals surface area contributed by atoms with Crippen molar-refractivity contribution in [1.82, 2.24) is 9.55 Å². The van der Waals surface area contributed by atoms with Gasteiger partial charge in [-0.15, -0.1) is 0 Å². The number of halogens is 3. The molecule has 3 rings (SSSR count). The van der Waals surface area contributed by atoms with Gasteiger partial charge in [-0.3, -0.25) is 4.57 Å². The molecular weight excluding hydrogens is 343 g/mol. The third kappa shape index (κ3) is 2.41. The van der Waals surface area contributed by atoms with Gasteiger partial charge in [-0.25, -0.2) is 4.98 Å². The van der Waals surface area contributed by atoms with E-state index in [1.165, 1.54) is 4.57 Å². The van der Waals surface area contributed by atoms with Gasteiger partial charge in [-0.2, -0.15) is 0 Å². The summed E-state index contributed by atoms with van der Waals surface area (Å²) in [5, 5.41) is 29.7. The number of benzene rings is 1. The van der Waals surface area contributed by atoms with E-state index in [1.54, 1.807) is 12.1 Å². The van der Waals surface area contributed by atoms with Crippen LogP contribution in [0.15, 0.2) is 12.1 Å². The predicted octanol–water partition coefficient (Wildman–Crippen LogP) is 1.61. The average Bonchev–Trinajstić information content (AvgIpc) is 2.89. The van der Waals surface area contributed by atoms with Crippen molar-refractivity contribution in [3.8, 4) is 0 Å². The SMILES string of the molecule is OC[C@H]1O[C@@H](n2c(Cl)nc3cc(Cl)c(Cl)cc32)C(O)C1O. The Labute approximate surface area is 134 Å². The van der Waals surface area contributed by atoms with Gasteiger partial charge in [0.15, 0.2) is 6.23 Å². The lowest BCUT2D eigenvalue weighted by atomic mass is 10.1. The van der Waals surface area contributed by atoms with Crippen LogP contribution in [0.1, 0.15) is 6.23 Å². The van der Waals surface area contributed by atoms with Crippen molar-refractivity contribution in [2.24, 2.45) is 0 Å². The second-order valence-electron chi connectivity index (χ2n) is 4.73. The van der Waals surface area contributed by atoms with Crippen LogP contribution in [-0.2, 0) is 4.74 Å². The molecule has 1 aliphatic heterocycles. The normalized spacial score (nSPS) is 29.4. The molecule has 0 amide bonds. The van der Waals surface area contributed by atoms with Gasteiger partial charge in [0, 0.05) is 0 Å². The van der Waals surface area contributed by atoms with Gasteiger partial charge in [-0.05, 0) is 23.7 Å². The maximum Gasteiger partial charge on any atom is 0.206 e. The molecule has 3 N–H and O–H groups in total. The van der Waals surface area contributed by atoms with E-state index in [1.807, 2.05) is 0 Å². The Bertz CT molecular complexity index is 693. The van der Waals surface area contributed by atoms with Gasteiger partial charge in [-0.1, -0.05) is 23.2 Å². The molecule has 1 fully saturated rings. The molecule has 2 aromatic rings. The standard InChI is InChI=1S/C12H11Cl3N2O4/c13-4-1-6-7(2-5(4)14)17(12(15)16-6)11-10(20)9(19)8(3-18)21-11/h1-2,8-11,18-20H,3H2/t8-,9?,10?,11-/m1/s1. The maximum atomic E-state index is 10.1. The lowest BCUT2D eigenvalue weighted by Crippen LogP contribution is -2.33. The van der Waals surface area contributed by atoms with Crippen LogP contribution in [0.5, 0.6) is 0 Å². The number of fused-ring (bicyclic) bond motifs is 1. The van der Waals surface area contributed by atoms with Gasteiger partial charge in [0.1, 0.15) is 18.3 Å². The van der Waals surface area contributed by atoms with E-state index in [4.69, 9.17) is 44.6 Å². The van der Waals surface area contributed by atoms with E-state index in [9.17, 15) is 10.2 Å². The highest BCUT2D eigenvalue weighted by atomic mass is 35.5. The number of hydrogen-bond acceptors (Lipinski definition) is 5. The molecule has 2 heterocycles. The third-order valence-corrected chi connectivity index (χ3v) is 4.45. The molecule has 9 heteroatoms. The van der Waals surface area contributed by atoms with Crippen LogP contribution < -0.4 is 0 Å². The Morgan fingerprint density at radius 3 is 2.43 bits per heavy atom. The van der Waals surface area contributed by atoms with Crippen molar-refractivity contribution in [2.75, 3.05) is 6.61 Å². The van der Waals surface area contributed by atoms with Gasteiger partial charge >= 0.3 is 0 Å². The van der Waals surface area contributed by atoms with E-state index >= 15 is 0 Å². The van der Waals surface area contributed by atoms with E-state index in [2.05, 4.69) is 4.98 Å². The Hall–Kier alpha value is -0.600. The summed E-state index contributed by atoms with van der Waals surface area (Å²) in [5.41, 5.74) is 0.983. The summed E-state index contributed by atoms with van der Waals surface area (Å²) in [7, 11) is 0. The first-order valence-corrected chi connectivity index (χ1v) is 7.22. The molecule has 1 aromatic heterocycles. The zero-order chi connectivity index (χ0) is 15.3. The molecule has 6 nitrogen and oxygen atoms in total. The van der Waals surface area contributed by atoms with E-state index in [-0.39, 0.29) is 5.28 Å². The highest BCUT2D eigenvalue weighted by Gasteiger charge is 2.44. The fourth-order valence-corrected chi connectivity index (χ4v) is 2.99. The summed E-state index contributed by atoms with van der Waals surface area (Å²) >= 11 is 18.0. The molecule has 0 aliphatic carbocycles. The second-order valence-corrected chi connectivity index (χ2v) is 5.89. The average molecular weight is 354 g/mol. The minimum atomic E-state index is -1.26. The van der Waals surface area contributed by atoms with Gasteiger partial charge in [0.05, 0.1) is 27.7 Å². The van der Waals surface area contributed by atoms with Crippen molar-refractivity contribution in [3.63, 3.8) is 0 Å². The number of aliphatic hydroxyl groups is 3. The largest absolute Gasteiger partial charge is 0.394 e. The molecule has 1 saturated heterocycles. The number of hydrogen-bond donors (Lipinski definition) is 3. The van der Waals surface area contributed by atoms with Gasteiger partial charge < -0.3 is 20.1 Å². The zero-order valence-corrected chi connectivity index (χ0v) is 12.7. The summed E-state index contributed by atoms with van der Waals surface area (Å²) in [6.45, 7) is -0.425. The van der Waals surface area contributed by atoms with E-state index in [0.717, 1.165) is 0 Å². The molecule has 0 bridgehead atoms. The second kappa shape index (κ2) is 5.55. The van der Waals surface area contributed by atoms with Gasteiger partial charge in [0.2, 0.25) is 5.28 Å². The number of aliphatic hydroxyl groups excluding tert-OH is 3. The molecule has 0 saturated carbocycles. The Morgan fingerprint density at radius 1 is 1.14 bits per heavy atom. The minimum Gasteiger partial charge on any atom is -0.394 e. The third-order valence-electron chi connectivity index (χ3n) is 3.46. The van der Waals surface area contributed by atoms with Crippen molar-refractivity contribution in [2.45, 2.75) is 24.5 Å². The van der Waals surface area contributed by atoms with E-state index < -0.39 is 31.1 Å². The van der Waals surface area contributed by atoms with Crippen LogP contribution in [0.25, 0.3) is 11.0 Å². The number of imidazole rings is 1. The van der Waals surface area contributed by atoms with Crippen LogP contribution in [0.4, 0.5) is 0 Å². The number of ether oxygens (including phenoxy) is 1. The summed E-state index contributed by atoms with van der Waals surface area (Å²) in [5.74, 6) is 0. The molecule has 2 unspecified atom stereocenters. The zero-order valence-electron chi connectivity index (χ0n) is 10.4. The van der Waals surface area contributed by atoms with Crippen molar-refractivity contribution in [3.05, 3.63) is 27.5 Å². The fourth-order valence-electron chi connectivity index (χ4n) is 2.40. The Balaban J connectivity index is 2.12. The monoisotopic (exact) mass is 352 g/mol. The Morgan fingerprint density at radius 2 is 1.81 bits per heavy atom. The molecule has 1 aliphatic rings. The van der Waals surface area contributed by atoms with Crippen LogP contribution in [0.3, 0.4) is 0 Å². The summed E-state index contributed by atoms with van der Waals surface area (Å²) in [6.07, 6.45) is -4.36. The first-order valence-electron chi connectivity index (χ1n) is 6.09. The van der Waals surface area contributed by atoms with Crippen LogP contribution in [0.2, 0.25) is 15.3 Å². The first-order chi connectivity index (χ1) is 9.93. The van der Waals surface area contributed by atoms with Crippen LogP contribution in [0, 0.1) is 0 Å². The molecule has 114 valence electrons. The Kier molecular flexibility index (Phi) is 4.04. The van der Waals surface area contributed by atoms with Crippen LogP contribution in [-0.4, -0.2) is 49.8 Å². The number of rotatable bonds is 2. The quantitative estimate of drug-likeness (QED) is 0.763. The van der Waals surface area contributed by atoms with Crippen molar-refractivity contribution in [1.29, 1.82) is 0 Å². The van der Waals surface area contributed by atoms with Crippen molar-refractivity contribution >= 4 is 45.8 Å². The van der Waals surface area contributed by atoms with Crippen molar-refractivity contribution < 1.29 is 20.1 Å². The lowest BCUT2D eigenvalue weighted by Gasteiger charge is -2.18. The highest BCUT2D eigenvalue weighted by Crippen LogP contribution is 2.36. The predicted molar refractivity (Wildman–Crippen MR) is 77.8 cm³/mol. The molecule has 0 spiro atoms. The molecule has 1 aromatic carbocycles. The smallest absolute Gasteiger partial charge is 0.206 e. The minimum absolute atomic E-state index is 0.0539. The molecule has 21 heavy (non-hydrogen) atoms. The van der Waals surface area contributed by atoms with Crippen LogP contribution >= 0.6 is 34.8 Å². The van der Waals surface area contributed by atoms with E-state index in [0.29, 0.717) is 21.1 Å². The molecule has 4 atom stereocenters. The summed E-state index contributed by atoms with van der Waals surface area (Å²) in [6, 6.07) is 3.09. The maximum absolute atomic E-state index is 10.1.